The number of aromatic nitrogens is 1. The van der Waals surface area contributed by atoms with Gasteiger partial charge < -0.3 is 4.74 Å². The zero-order chi connectivity index (χ0) is 20.6. The standard InChI is InChI=1S/C18H11F5INO2S/c1-27-17-5-10(19)3-2-9(17)4-16(26)12-8-25(28-24)15-7-14(20)13(6-11(12)15)18(21,22)23/h2-3,5-8H,4H2,1H3. The van der Waals surface area contributed by atoms with Crippen LogP contribution in [0.25, 0.3) is 10.9 Å². The highest BCUT2D eigenvalue weighted by Gasteiger charge is 2.35. The number of hydrogen-bond acceptors (Lipinski definition) is 3. The van der Waals surface area contributed by atoms with Crippen molar-refractivity contribution in [2.75, 3.05) is 7.11 Å². The number of ether oxygens (including phenoxy) is 1. The molecule has 1 aromatic heterocycles. The Kier molecular flexibility index (Phi) is 5.89. The minimum Gasteiger partial charge on any atom is -0.496 e. The van der Waals surface area contributed by atoms with Gasteiger partial charge in [0.25, 0.3) is 0 Å². The Labute approximate surface area is 172 Å². The van der Waals surface area contributed by atoms with Crippen LogP contribution in [0.4, 0.5) is 22.0 Å². The first kappa shape index (κ1) is 20.9. The topological polar surface area (TPSA) is 31.2 Å². The van der Waals surface area contributed by atoms with Crippen LogP contribution >= 0.6 is 30.3 Å². The Morgan fingerprint density at radius 3 is 2.54 bits per heavy atom. The second kappa shape index (κ2) is 7.90. The van der Waals surface area contributed by atoms with Crippen LogP contribution in [0, 0.1) is 11.6 Å². The molecule has 0 fully saturated rings. The maximum atomic E-state index is 13.9. The highest BCUT2D eigenvalue weighted by atomic mass is 127. The van der Waals surface area contributed by atoms with E-state index in [1.165, 1.54) is 23.3 Å². The van der Waals surface area contributed by atoms with Crippen molar-refractivity contribution in [3.8, 4) is 5.75 Å². The third-order valence-corrected chi connectivity index (χ3v) is 5.86. The molecule has 0 saturated heterocycles. The molecule has 3 nitrogen and oxygen atoms in total. The number of hydrogen-bond donors (Lipinski definition) is 0. The van der Waals surface area contributed by atoms with Gasteiger partial charge in [0.15, 0.2) is 5.78 Å². The minimum atomic E-state index is -4.89. The second-order valence-electron chi connectivity index (χ2n) is 5.84. The fraction of sp³-hybridized carbons (Fsp3) is 0.167. The fourth-order valence-electron chi connectivity index (χ4n) is 2.85. The average Bonchev–Trinajstić information content (AvgIpc) is 2.99. The van der Waals surface area contributed by atoms with Crippen LogP contribution < -0.4 is 4.74 Å². The van der Waals surface area contributed by atoms with Gasteiger partial charge in [-0.2, -0.15) is 13.2 Å². The summed E-state index contributed by atoms with van der Waals surface area (Å²) >= 11 is 1.88. The van der Waals surface area contributed by atoms with Crippen LogP contribution in [0.5, 0.6) is 5.75 Å². The number of nitrogens with zero attached hydrogens (tertiary/aromatic N) is 1. The molecule has 0 atom stereocenters. The molecular weight excluding hydrogens is 516 g/mol. The number of alkyl halides is 3. The van der Waals surface area contributed by atoms with Crippen molar-refractivity contribution < 1.29 is 31.5 Å². The minimum absolute atomic E-state index is 0.0102. The molecule has 3 rings (SSSR count). The van der Waals surface area contributed by atoms with Crippen LogP contribution in [0.1, 0.15) is 21.5 Å². The van der Waals surface area contributed by atoms with E-state index >= 15 is 0 Å². The molecule has 2 aromatic carbocycles. The number of carbonyl (C=O) groups is 1. The first-order valence-corrected chi connectivity index (χ1v) is 11.0. The average molecular weight is 527 g/mol. The molecule has 0 bridgehead atoms. The van der Waals surface area contributed by atoms with E-state index in [0.29, 0.717) is 11.6 Å². The largest absolute Gasteiger partial charge is 0.496 e. The molecule has 0 N–H and O–H groups in total. The summed E-state index contributed by atoms with van der Waals surface area (Å²) < 4.78 is 73.0. The molecule has 148 valence electrons. The van der Waals surface area contributed by atoms with Crippen LogP contribution in [0.3, 0.4) is 0 Å². The van der Waals surface area contributed by atoms with E-state index in [4.69, 9.17) is 4.74 Å². The molecule has 1 heterocycles. The van der Waals surface area contributed by atoms with Gasteiger partial charge in [0.2, 0.25) is 0 Å². The fourth-order valence-corrected chi connectivity index (χ4v) is 4.19. The van der Waals surface area contributed by atoms with Gasteiger partial charge in [-0.15, -0.1) is 0 Å². The summed E-state index contributed by atoms with van der Waals surface area (Å²) in [4.78, 5) is 12.8. The van der Waals surface area contributed by atoms with Crippen molar-refractivity contribution >= 4 is 47.0 Å². The summed E-state index contributed by atoms with van der Waals surface area (Å²) in [7, 11) is 2.41. The highest BCUT2D eigenvalue weighted by Crippen LogP contribution is 2.37. The Bertz CT molecular complexity index is 1060. The molecule has 0 unspecified atom stereocenters. The smallest absolute Gasteiger partial charge is 0.419 e. The normalized spacial score (nSPS) is 11.8. The first-order valence-electron chi connectivity index (χ1n) is 7.72. The maximum Gasteiger partial charge on any atom is 0.419 e. The number of benzene rings is 2. The number of carbonyl (C=O) groups excluding carboxylic acids is 1. The van der Waals surface area contributed by atoms with Crippen molar-refractivity contribution in [2.24, 2.45) is 0 Å². The third kappa shape index (κ3) is 3.97. The summed E-state index contributed by atoms with van der Waals surface area (Å²) in [6.07, 6.45) is -3.74. The maximum absolute atomic E-state index is 13.9. The van der Waals surface area contributed by atoms with Gasteiger partial charge in [-0.3, -0.25) is 8.77 Å². The molecule has 10 heteroatoms. The van der Waals surface area contributed by atoms with Crippen LogP contribution in [0.2, 0.25) is 0 Å². The van der Waals surface area contributed by atoms with Crippen LogP contribution in [0.15, 0.2) is 36.5 Å². The lowest BCUT2D eigenvalue weighted by Gasteiger charge is -2.10. The SMILES string of the molecule is COc1cc(F)ccc1CC(=O)c1cn(SI)c2cc(F)c(C(F)(F)F)cc12. The highest BCUT2D eigenvalue weighted by molar-refractivity contribution is 14.2. The van der Waals surface area contributed by atoms with Gasteiger partial charge in [-0.05, 0) is 18.2 Å². The Balaban J connectivity index is 2.10. The Morgan fingerprint density at radius 1 is 1.21 bits per heavy atom. The molecule has 0 radical (unpaired) electrons. The number of halogens is 6. The summed E-state index contributed by atoms with van der Waals surface area (Å²) in [6.45, 7) is 0. The molecule has 0 spiro atoms. The van der Waals surface area contributed by atoms with E-state index in [2.05, 4.69) is 0 Å². The molecule has 3 aromatic rings. The number of methoxy groups -OCH3 is 1. The van der Waals surface area contributed by atoms with E-state index in [0.717, 1.165) is 27.3 Å². The zero-order valence-electron chi connectivity index (χ0n) is 14.1. The van der Waals surface area contributed by atoms with E-state index < -0.39 is 29.2 Å². The zero-order valence-corrected chi connectivity index (χ0v) is 17.1. The van der Waals surface area contributed by atoms with Crippen molar-refractivity contribution in [3.63, 3.8) is 0 Å². The molecule has 0 aliphatic carbocycles. The van der Waals surface area contributed by atoms with Gasteiger partial charge in [0.05, 0.1) is 18.2 Å². The van der Waals surface area contributed by atoms with Gasteiger partial charge >= 0.3 is 6.18 Å². The molecule has 0 saturated carbocycles. The monoisotopic (exact) mass is 527 g/mol. The molecule has 28 heavy (non-hydrogen) atoms. The Hall–Kier alpha value is -1.82. The van der Waals surface area contributed by atoms with Gasteiger partial charge in [-0.1, -0.05) is 6.07 Å². The predicted molar refractivity (Wildman–Crippen MR) is 105 cm³/mol. The van der Waals surface area contributed by atoms with Gasteiger partial charge in [-0.25, -0.2) is 8.78 Å². The number of Topliss-reactive ketones (excluding diaryl/α,β-unsaturated/α-hetero) is 1. The lowest BCUT2D eigenvalue weighted by molar-refractivity contribution is -0.139. The van der Waals surface area contributed by atoms with Crippen molar-refractivity contribution in [2.45, 2.75) is 12.6 Å². The van der Waals surface area contributed by atoms with E-state index in [1.54, 1.807) is 0 Å². The van der Waals surface area contributed by atoms with Crippen molar-refractivity contribution in [3.05, 3.63) is 64.9 Å². The van der Waals surface area contributed by atoms with Crippen LogP contribution in [-0.4, -0.2) is 16.9 Å². The number of ketones is 1. The quantitative estimate of drug-likeness (QED) is 0.225. The molecule has 0 aliphatic heterocycles. The molecule has 0 amide bonds. The van der Waals surface area contributed by atoms with Crippen molar-refractivity contribution in [1.29, 1.82) is 0 Å². The van der Waals surface area contributed by atoms with Gasteiger partial charge in [0, 0.05) is 65.5 Å². The number of rotatable bonds is 5. The first-order chi connectivity index (χ1) is 13.2. The predicted octanol–water partition coefficient (Wildman–Crippen LogP) is 6.22. The number of fused-ring (bicyclic) bond motifs is 1. The Morgan fingerprint density at radius 2 is 1.93 bits per heavy atom. The second-order valence-corrected chi connectivity index (χ2v) is 7.55. The summed E-state index contributed by atoms with van der Waals surface area (Å²) in [5, 5.41) is -0.0102. The summed E-state index contributed by atoms with van der Waals surface area (Å²) in [5.41, 5.74) is -0.893. The lowest BCUT2D eigenvalue weighted by atomic mass is 10.0. The summed E-state index contributed by atoms with van der Waals surface area (Å²) in [5.74, 6) is -2.30. The third-order valence-electron chi connectivity index (χ3n) is 4.14. The van der Waals surface area contributed by atoms with E-state index in [1.807, 2.05) is 21.2 Å². The van der Waals surface area contributed by atoms with E-state index in [-0.39, 0.29) is 28.6 Å². The van der Waals surface area contributed by atoms with Crippen LogP contribution in [-0.2, 0) is 12.6 Å². The van der Waals surface area contributed by atoms with Gasteiger partial charge in [0.1, 0.15) is 17.4 Å². The molecule has 0 aliphatic rings. The summed E-state index contributed by atoms with van der Waals surface area (Å²) in [6, 6.07) is 5.05. The van der Waals surface area contributed by atoms with E-state index in [9.17, 15) is 26.7 Å². The lowest BCUT2D eigenvalue weighted by Crippen LogP contribution is -2.09. The molecular formula is C18H11F5INO2S. The van der Waals surface area contributed by atoms with Crippen molar-refractivity contribution in [1.82, 2.24) is 3.97 Å².